The Hall–Kier alpha value is -1.35. The number of hydrogen-bond donors (Lipinski definition) is 1. The van der Waals surface area contributed by atoms with Crippen LogP contribution >= 0.6 is 0 Å². The fraction of sp³-hybridized carbons (Fsp3) is 0.500. The van der Waals surface area contributed by atoms with Crippen LogP contribution in [-0.2, 0) is 6.42 Å². The summed E-state index contributed by atoms with van der Waals surface area (Å²) in [5, 5.41) is 0. The molecule has 1 heterocycles. The van der Waals surface area contributed by atoms with Crippen molar-refractivity contribution < 1.29 is 0 Å². The Bertz CT molecular complexity index is 424. The molecule has 0 unspecified atom stereocenters. The van der Waals surface area contributed by atoms with E-state index in [1.54, 1.807) is 0 Å². The number of hydrogen-bond acceptors (Lipinski definition) is 2. The number of fused-ring (bicyclic) bond motifs is 1. The Morgan fingerprint density at radius 1 is 1.18 bits per heavy atom. The predicted molar refractivity (Wildman–Crippen MR) is 72.2 cm³/mol. The normalized spacial score (nSPS) is 11.5. The van der Waals surface area contributed by atoms with Crippen LogP contribution in [0.15, 0.2) is 24.3 Å². The van der Waals surface area contributed by atoms with Crippen molar-refractivity contribution in [2.75, 3.05) is 19.6 Å². The molecule has 1 aromatic heterocycles. The fourth-order valence-corrected chi connectivity index (χ4v) is 2.13. The lowest BCUT2D eigenvalue weighted by atomic mass is 10.3. The Morgan fingerprint density at radius 3 is 2.65 bits per heavy atom. The van der Waals surface area contributed by atoms with Crippen molar-refractivity contribution in [3.8, 4) is 0 Å². The zero-order chi connectivity index (χ0) is 12.1. The molecule has 0 fully saturated rings. The lowest BCUT2D eigenvalue weighted by Crippen LogP contribution is -2.24. The third-order valence-corrected chi connectivity index (χ3v) is 3.22. The summed E-state index contributed by atoms with van der Waals surface area (Å²) in [4.78, 5) is 10.4. The minimum absolute atomic E-state index is 1.03. The van der Waals surface area contributed by atoms with Gasteiger partial charge in [0.1, 0.15) is 5.82 Å². The van der Waals surface area contributed by atoms with Crippen molar-refractivity contribution in [3.63, 3.8) is 0 Å². The summed E-state index contributed by atoms with van der Waals surface area (Å²) in [5.74, 6) is 1.11. The highest BCUT2D eigenvalue weighted by molar-refractivity contribution is 5.74. The smallest absolute Gasteiger partial charge is 0.107 e. The number of aryl methyl sites for hydroxylation is 1. The van der Waals surface area contributed by atoms with E-state index in [1.165, 1.54) is 6.42 Å². The standard InChI is InChI=1S/C14H21N3/c1-3-17(4-2)11-7-10-14-15-12-8-5-6-9-13(12)16-14/h5-6,8-9H,3-4,7,10-11H2,1-2H3,(H,15,16). The summed E-state index contributed by atoms with van der Waals surface area (Å²) in [5.41, 5.74) is 2.22. The number of aromatic amines is 1. The monoisotopic (exact) mass is 231 g/mol. The SMILES string of the molecule is CCN(CC)CCCc1nc2ccccc2[nH]1. The molecule has 0 radical (unpaired) electrons. The van der Waals surface area contributed by atoms with Gasteiger partial charge in [0.15, 0.2) is 0 Å². The van der Waals surface area contributed by atoms with Crippen LogP contribution in [0.5, 0.6) is 0 Å². The van der Waals surface area contributed by atoms with Crippen LogP contribution in [0.3, 0.4) is 0 Å². The van der Waals surface area contributed by atoms with Crippen LogP contribution in [0, 0.1) is 0 Å². The van der Waals surface area contributed by atoms with Crippen LogP contribution in [-0.4, -0.2) is 34.5 Å². The van der Waals surface area contributed by atoms with Crippen LogP contribution in [0.25, 0.3) is 11.0 Å². The first-order valence-corrected chi connectivity index (χ1v) is 6.49. The van der Waals surface area contributed by atoms with E-state index in [0.717, 1.165) is 42.9 Å². The van der Waals surface area contributed by atoms with Gasteiger partial charge in [-0.2, -0.15) is 0 Å². The van der Waals surface area contributed by atoms with Gasteiger partial charge in [0.25, 0.3) is 0 Å². The molecule has 1 N–H and O–H groups in total. The summed E-state index contributed by atoms with van der Waals surface area (Å²) >= 11 is 0. The van der Waals surface area contributed by atoms with Gasteiger partial charge in [-0.3, -0.25) is 0 Å². The van der Waals surface area contributed by atoms with Gasteiger partial charge < -0.3 is 9.88 Å². The number of aromatic nitrogens is 2. The average molecular weight is 231 g/mol. The van der Waals surface area contributed by atoms with Crippen molar-refractivity contribution in [3.05, 3.63) is 30.1 Å². The second kappa shape index (κ2) is 5.82. The maximum Gasteiger partial charge on any atom is 0.107 e. The Labute approximate surface area is 103 Å². The van der Waals surface area contributed by atoms with Gasteiger partial charge in [-0.15, -0.1) is 0 Å². The second-order valence-corrected chi connectivity index (χ2v) is 4.33. The van der Waals surface area contributed by atoms with Crippen LogP contribution < -0.4 is 0 Å². The van der Waals surface area contributed by atoms with E-state index in [2.05, 4.69) is 40.8 Å². The first kappa shape index (κ1) is 12.1. The minimum atomic E-state index is 1.03. The first-order valence-electron chi connectivity index (χ1n) is 6.49. The Balaban J connectivity index is 1.90. The van der Waals surface area contributed by atoms with Gasteiger partial charge in [0.2, 0.25) is 0 Å². The molecule has 0 atom stereocenters. The molecular formula is C14H21N3. The molecule has 0 saturated carbocycles. The van der Waals surface area contributed by atoms with E-state index < -0.39 is 0 Å². The van der Waals surface area contributed by atoms with E-state index in [9.17, 15) is 0 Å². The number of H-pyrrole nitrogens is 1. The summed E-state index contributed by atoms with van der Waals surface area (Å²) < 4.78 is 0. The number of rotatable bonds is 6. The molecule has 0 saturated heterocycles. The molecule has 2 aromatic rings. The number of imidazole rings is 1. The molecule has 3 heteroatoms. The lowest BCUT2D eigenvalue weighted by Gasteiger charge is -2.16. The molecule has 0 spiro atoms. The summed E-state index contributed by atoms with van der Waals surface area (Å²) in [6.07, 6.45) is 2.20. The zero-order valence-corrected chi connectivity index (χ0v) is 10.7. The highest BCUT2D eigenvalue weighted by atomic mass is 15.1. The highest BCUT2D eigenvalue weighted by Crippen LogP contribution is 2.11. The average Bonchev–Trinajstić information content (AvgIpc) is 2.77. The fourth-order valence-electron chi connectivity index (χ4n) is 2.13. The maximum absolute atomic E-state index is 4.59. The van der Waals surface area contributed by atoms with E-state index in [4.69, 9.17) is 0 Å². The van der Waals surface area contributed by atoms with Crippen molar-refractivity contribution in [1.29, 1.82) is 0 Å². The Morgan fingerprint density at radius 2 is 1.94 bits per heavy atom. The van der Waals surface area contributed by atoms with E-state index in [-0.39, 0.29) is 0 Å². The first-order chi connectivity index (χ1) is 8.33. The van der Waals surface area contributed by atoms with Crippen molar-refractivity contribution >= 4 is 11.0 Å². The van der Waals surface area contributed by atoms with Gasteiger partial charge >= 0.3 is 0 Å². The topological polar surface area (TPSA) is 31.9 Å². The number of nitrogens with one attached hydrogen (secondary N) is 1. The highest BCUT2D eigenvalue weighted by Gasteiger charge is 2.03. The van der Waals surface area contributed by atoms with Crippen molar-refractivity contribution in [1.82, 2.24) is 14.9 Å². The molecule has 0 aliphatic rings. The third-order valence-electron chi connectivity index (χ3n) is 3.22. The van der Waals surface area contributed by atoms with Crippen molar-refractivity contribution in [2.45, 2.75) is 26.7 Å². The molecule has 0 aliphatic carbocycles. The van der Waals surface area contributed by atoms with E-state index in [1.807, 2.05) is 12.1 Å². The summed E-state index contributed by atoms with van der Waals surface area (Å²) in [6.45, 7) is 7.85. The minimum Gasteiger partial charge on any atom is -0.342 e. The number of para-hydroxylation sites is 2. The van der Waals surface area contributed by atoms with E-state index in [0.29, 0.717) is 0 Å². The molecule has 92 valence electrons. The van der Waals surface area contributed by atoms with Crippen molar-refractivity contribution in [2.24, 2.45) is 0 Å². The lowest BCUT2D eigenvalue weighted by molar-refractivity contribution is 0.299. The second-order valence-electron chi connectivity index (χ2n) is 4.33. The molecule has 0 bridgehead atoms. The van der Waals surface area contributed by atoms with Gasteiger partial charge in [-0.1, -0.05) is 26.0 Å². The largest absolute Gasteiger partial charge is 0.342 e. The van der Waals surface area contributed by atoms with Gasteiger partial charge in [-0.25, -0.2) is 4.98 Å². The quantitative estimate of drug-likeness (QED) is 0.829. The van der Waals surface area contributed by atoms with Crippen LogP contribution in [0.2, 0.25) is 0 Å². The zero-order valence-electron chi connectivity index (χ0n) is 10.7. The predicted octanol–water partition coefficient (Wildman–Crippen LogP) is 2.84. The van der Waals surface area contributed by atoms with Gasteiger partial charge in [0.05, 0.1) is 11.0 Å². The molecular weight excluding hydrogens is 210 g/mol. The third kappa shape index (κ3) is 3.07. The molecule has 2 rings (SSSR count). The maximum atomic E-state index is 4.59. The summed E-state index contributed by atoms with van der Waals surface area (Å²) in [6, 6.07) is 8.21. The Kier molecular flexibility index (Phi) is 4.15. The number of benzene rings is 1. The van der Waals surface area contributed by atoms with Gasteiger partial charge in [-0.05, 0) is 38.2 Å². The van der Waals surface area contributed by atoms with Gasteiger partial charge in [0, 0.05) is 6.42 Å². The van der Waals surface area contributed by atoms with Crippen LogP contribution in [0.4, 0.5) is 0 Å². The molecule has 17 heavy (non-hydrogen) atoms. The molecule has 0 amide bonds. The summed E-state index contributed by atoms with van der Waals surface area (Å²) in [7, 11) is 0. The van der Waals surface area contributed by atoms with Crippen LogP contribution in [0.1, 0.15) is 26.1 Å². The van der Waals surface area contributed by atoms with E-state index >= 15 is 0 Å². The molecule has 3 nitrogen and oxygen atoms in total. The molecule has 0 aliphatic heterocycles. The number of nitrogens with zero attached hydrogens (tertiary/aromatic N) is 2. The molecule has 1 aromatic carbocycles.